The molecule has 0 amide bonds. The van der Waals surface area contributed by atoms with E-state index in [1.54, 1.807) is 0 Å². The molecule has 0 aromatic rings. The molecule has 1 radical (unpaired) electrons. The van der Waals surface area contributed by atoms with Crippen molar-refractivity contribution in [1.82, 2.24) is 0 Å². The van der Waals surface area contributed by atoms with E-state index in [1.165, 1.54) is 6.08 Å². The van der Waals surface area contributed by atoms with Crippen LogP contribution in [0, 0.1) is 6.58 Å². The lowest BCUT2D eigenvalue weighted by Crippen LogP contribution is -2.13. The van der Waals surface area contributed by atoms with Crippen LogP contribution in [0.4, 0.5) is 0 Å². The molecule has 0 rings (SSSR count). The largest absolute Gasteiger partial charge is 0.349 e. The highest BCUT2D eigenvalue weighted by Gasteiger charge is 1.98. The summed E-state index contributed by atoms with van der Waals surface area (Å²) in [6.45, 7) is 10.2. The molecule has 0 saturated carbocycles. The summed E-state index contributed by atoms with van der Waals surface area (Å²) in [6, 6.07) is 0. The zero-order valence-electron chi connectivity index (χ0n) is 5.96. The van der Waals surface area contributed by atoms with Crippen LogP contribution in [0.5, 0.6) is 0 Å². The Labute approximate surface area is 56.5 Å². The Morgan fingerprint density at radius 2 is 1.78 bits per heavy atom. The first-order valence-corrected chi connectivity index (χ1v) is 3.13. The highest BCUT2D eigenvalue weighted by Crippen LogP contribution is 1.93. The first-order valence-electron chi connectivity index (χ1n) is 3.13. The van der Waals surface area contributed by atoms with E-state index in [-0.39, 0.29) is 6.29 Å². The van der Waals surface area contributed by atoms with E-state index in [0.717, 1.165) is 0 Å². The Hall–Kier alpha value is -0.340. The molecule has 0 N–H and O–H groups in total. The summed E-state index contributed by atoms with van der Waals surface area (Å²) in [6.07, 6.45) is 1.06. The average Bonchev–Trinajstić information content (AvgIpc) is 1.88. The van der Waals surface area contributed by atoms with E-state index in [2.05, 4.69) is 0 Å². The molecule has 0 aliphatic rings. The zero-order valence-corrected chi connectivity index (χ0v) is 5.96. The molecule has 0 fully saturated rings. The Kier molecular flexibility index (Phi) is 5.57. The molecule has 2 nitrogen and oxygen atoms in total. The molecule has 0 aliphatic carbocycles. The van der Waals surface area contributed by atoms with Gasteiger partial charge < -0.3 is 9.47 Å². The molecule has 9 heavy (non-hydrogen) atoms. The van der Waals surface area contributed by atoms with Gasteiger partial charge in [-0.3, -0.25) is 0 Å². The van der Waals surface area contributed by atoms with Crippen molar-refractivity contribution in [2.75, 3.05) is 13.2 Å². The quantitative estimate of drug-likeness (QED) is 0.522. The molecule has 0 saturated heterocycles. The summed E-state index contributed by atoms with van der Waals surface area (Å²) in [5.74, 6) is 0. The van der Waals surface area contributed by atoms with Crippen molar-refractivity contribution in [1.29, 1.82) is 0 Å². The summed E-state index contributed by atoms with van der Waals surface area (Å²) in [5.41, 5.74) is 0. The van der Waals surface area contributed by atoms with Crippen molar-refractivity contribution < 1.29 is 9.47 Å². The van der Waals surface area contributed by atoms with Crippen molar-refractivity contribution in [2.24, 2.45) is 0 Å². The molecular formula is C7H13O2. The predicted octanol–water partition coefficient (Wildman–Crippen LogP) is 1.37. The molecule has 0 aliphatic heterocycles. The molecule has 0 heterocycles. The molecule has 0 aromatic heterocycles. The normalized spacial score (nSPS) is 10.1. The van der Waals surface area contributed by atoms with Crippen molar-refractivity contribution >= 4 is 0 Å². The monoisotopic (exact) mass is 129 g/mol. The highest BCUT2D eigenvalue weighted by atomic mass is 16.7. The lowest BCUT2D eigenvalue weighted by molar-refractivity contribution is -0.103. The number of ether oxygens (including phenoxy) is 2. The zero-order chi connectivity index (χ0) is 7.11. The van der Waals surface area contributed by atoms with Crippen LogP contribution in [0.25, 0.3) is 0 Å². The van der Waals surface area contributed by atoms with Gasteiger partial charge in [0.25, 0.3) is 0 Å². The molecular weight excluding hydrogens is 116 g/mol. The van der Waals surface area contributed by atoms with Crippen LogP contribution in [0.3, 0.4) is 0 Å². The molecule has 0 aromatic carbocycles. The van der Waals surface area contributed by atoms with Gasteiger partial charge in [-0.05, 0) is 19.9 Å². The minimum atomic E-state index is -0.333. The fourth-order valence-corrected chi connectivity index (χ4v) is 0.488. The fourth-order valence-electron chi connectivity index (χ4n) is 0.488. The maximum atomic E-state index is 5.17. The van der Waals surface area contributed by atoms with Gasteiger partial charge in [-0.15, -0.1) is 0 Å². The van der Waals surface area contributed by atoms with Gasteiger partial charge in [0.1, 0.15) is 0 Å². The molecule has 53 valence electrons. The van der Waals surface area contributed by atoms with Crippen LogP contribution in [0.2, 0.25) is 0 Å². The van der Waals surface area contributed by atoms with Crippen LogP contribution in [-0.4, -0.2) is 19.5 Å². The first-order chi connectivity index (χ1) is 4.35. The van der Waals surface area contributed by atoms with E-state index < -0.39 is 0 Å². The lowest BCUT2D eigenvalue weighted by Gasteiger charge is -2.10. The second-order valence-electron chi connectivity index (χ2n) is 1.47. The Morgan fingerprint density at radius 1 is 1.33 bits per heavy atom. The summed E-state index contributed by atoms with van der Waals surface area (Å²) >= 11 is 0. The van der Waals surface area contributed by atoms with Crippen LogP contribution in [0.1, 0.15) is 13.8 Å². The molecule has 0 bridgehead atoms. The van der Waals surface area contributed by atoms with Crippen molar-refractivity contribution in [3.05, 3.63) is 12.7 Å². The van der Waals surface area contributed by atoms with E-state index in [9.17, 15) is 0 Å². The topological polar surface area (TPSA) is 18.5 Å². The third kappa shape index (κ3) is 4.18. The smallest absolute Gasteiger partial charge is 0.177 e. The maximum absolute atomic E-state index is 5.17. The first kappa shape index (κ1) is 8.66. The van der Waals surface area contributed by atoms with Gasteiger partial charge >= 0.3 is 0 Å². The van der Waals surface area contributed by atoms with Crippen LogP contribution in [-0.2, 0) is 9.47 Å². The summed E-state index contributed by atoms with van der Waals surface area (Å²) < 4.78 is 10.1. The van der Waals surface area contributed by atoms with Crippen molar-refractivity contribution in [3.8, 4) is 0 Å². The third-order valence-corrected chi connectivity index (χ3v) is 0.819. The molecule has 0 unspecified atom stereocenters. The SMILES string of the molecule is [CH]=CC(OCC)OCC. The van der Waals surface area contributed by atoms with Crippen molar-refractivity contribution in [2.45, 2.75) is 20.1 Å². The van der Waals surface area contributed by atoms with Crippen LogP contribution < -0.4 is 0 Å². The van der Waals surface area contributed by atoms with Gasteiger partial charge in [-0.25, -0.2) is 0 Å². The van der Waals surface area contributed by atoms with E-state index in [0.29, 0.717) is 13.2 Å². The highest BCUT2D eigenvalue weighted by molar-refractivity contribution is 4.67. The molecule has 2 heteroatoms. The summed E-state index contributed by atoms with van der Waals surface area (Å²) in [7, 11) is 0. The second-order valence-corrected chi connectivity index (χ2v) is 1.47. The second kappa shape index (κ2) is 5.79. The molecule has 0 atom stereocenters. The van der Waals surface area contributed by atoms with Crippen LogP contribution in [0.15, 0.2) is 6.08 Å². The summed E-state index contributed by atoms with van der Waals surface area (Å²) in [4.78, 5) is 0. The van der Waals surface area contributed by atoms with Gasteiger partial charge in [-0.1, -0.05) is 6.58 Å². The number of rotatable bonds is 5. The van der Waals surface area contributed by atoms with E-state index in [4.69, 9.17) is 16.1 Å². The maximum Gasteiger partial charge on any atom is 0.177 e. The van der Waals surface area contributed by atoms with Crippen molar-refractivity contribution in [3.63, 3.8) is 0 Å². The van der Waals surface area contributed by atoms with E-state index >= 15 is 0 Å². The van der Waals surface area contributed by atoms with E-state index in [1.807, 2.05) is 13.8 Å². The minimum Gasteiger partial charge on any atom is -0.349 e. The van der Waals surface area contributed by atoms with Gasteiger partial charge in [0.2, 0.25) is 0 Å². The fraction of sp³-hybridized carbons (Fsp3) is 0.714. The van der Waals surface area contributed by atoms with Gasteiger partial charge in [-0.2, -0.15) is 0 Å². The lowest BCUT2D eigenvalue weighted by atomic mass is 10.6. The number of hydrogen-bond donors (Lipinski definition) is 0. The average molecular weight is 129 g/mol. The predicted molar refractivity (Wildman–Crippen MR) is 35.9 cm³/mol. The van der Waals surface area contributed by atoms with Crippen LogP contribution >= 0.6 is 0 Å². The minimum absolute atomic E-state index is 0.333. The van der Waals surface area contributed by atoms with Gasteiger partial charge in [0, 0.05) is 13.2 Å². The standard InChI is InChI=1S/C7H13O2/c1-4-7(8-5-2)9-6-3/h1,4,7H,5-6H2,2-3H3. The molecule has 0 spiro atoms. The third-order valence-electron chi connectivity index (χ3n) is 0.819. The Balaban J connectivity index is 3.29. The Morgan fingerprint density at radius 3 is 2.00 bits per heavy atom. The van der Waals surface area contributed by atoms with Gasteiger partial charge in [0.15, 0.2) is 6.29 Å². The summed E-state index contributed by atoms with van der Waals surface area (Å²) in [5, 5.41) is 0. The van der Waals surface area contributed by atoms with Gasteiger partial charge in [0.05, 0.1) is 0 Å². The number of hydrogen-bond acceptors (Lipinski definition) is 2. The Bertz CT molecular complexity index is 65.3.